The molecule has 0 spiro atoms. The number of hydrogen-bond acceptors (Lipinski definition) is 4. The van der Waals surface area contributed by atoms with Gasteiger partial charge in [-0.1, -0.05) is 6.58 Å². The maximum absolute atomic E-state index is 10.9. The highest BCUT2D eigenvalue weighted by Crippen LogP contribution is 1.96. The number of nitrogens with zero attached hydrogens (tertiary/aromatic N) is 1. The van der Waals surface area contributed by atoms with E-state index < -0.39 is 5.97 Å². The Morgan fingerprint density at radius 1 is 1.67 bits per heavy atom. The molecule has 4 heteroatoms. The van der Waals surface area contributed by atoms with Crippen molar-refractivity contribution < 1.29 is 14.7 Å². The molecule has 0 aliphatic rings. The molecule has 70 valence electrons. The Hall–Kier alpha value is -0.870. The van der Waals surface area contributed by atoms with Crippen LogP contribution >= 0.6 is 0 Å². The summed E-state index contributed by atoms with van der Waals surface area (Å²) in [5.74, 6) is -0.453. The molecule has 0 atom stereocenters. The van der Waals surface area contributed by atoms with E-state index in [2.05, 4.69) is 6.58 Å². The number of carbonyl (C=O) groups excluding carboxylic acids is 1. The summed E-state index contributed by atoms with van der Waals surface area (Å²) in [6.45, 7) is 7.71. The zero-order valence-corrected chi connectivity index (χ0v) is 7.54. The van der Waals surface area contributed by atoms with E-state index in [4.69, 9.17) is 9.94 Å². The van der Waals surface area contributed by atoms with Gasteiger partial charge < -0.3 is 9.94 Å². The van der Waals surface area contributed by atoms with Crippen LogP contribution in [0.1, 0.15) is 13.8 Å². The van der Waals surface area contributed by atoms with Crippen molar-refractivity contribution in [2.75, 3.05) is 19.7 Å². The molecular formula is C8H15NO3. The van der Waals surface area contributed by atoms with Gasteiger partial charge in [-0.05, 0) is 13.8 Å². The molecule has 0 rings (SSSR count). The molecule has 0 heterocycles. The Labute approximate surface area is 72.4 Å². The SMILES string of the molecule is C=C(C)C(=O)ON(CC)CCO. The van der Waals surface area contributed by atoms with Crippen molar-refractivity contribution in [2.24, 2.45) is 0 Å². The van der Waals surface area contributed by atoms with Crippen LogP contribution < -0.4 is 0 Å². The standard InChI is InChI=1S/C8H15NO3/c1-4-9(5-6-10)12-8(11)7(2)3/h10H,2,4-6H2,1,3H3. The van der Waals surface area contributed by atoms with Gasteiger partial charge in [-0.2, -0.15) is 0 Å². The van der Waals surface area contributed by atoms with E-state index in [9.17, 15) is 4.79 Å². The van der Waals surface area contributed by atoms with Crippen molar-refractivity contribution in [1.82, 2.24) is 5.06 Å². The van der Waals surface area contributed by atoms with Gasteiger partial charge in [0.15, 0.2) is 0 Å². The van der Waals surface area contributed by atoms with Gasteiger partial charge in [-0.3, -0.25) is 0 Å². The highest BCUT2D eigenvalue weighted by molar-refractivity contribution is 5.86. The van der Waals surface area contributed by atoms with E-state index in [0.29, 0.717) is 18.7 Å². The van der Waals surface area contributed by atoms with Crippen LogP contribution in [0.15, 0.2) is 12.2 Å². The van der Waals surface area contributed by atoms with E-state index in [1.807, 2.05) is 6.92 Å². The number of carbonyl (C=O) groups is 1. The van der Waals surface area contributed by atoms with Gasteiger partial charge in [0, 0.05) is 12.1 Å². The molecule has 12 heavy (non-hydrogen) atoms. The van der Waals surface area contributed by atoms with Gasteiger partial charge in [0.05, 0.1) is 13.2 Å². The Morgan fingerprint density at radius 2 is 2.25 bits per heavy atom. The second-order valence-electron chi connectivity index (χ2n) is 2.40. The third-order valence-corrected chi connectivity index (χ3v) is 1.26. The number of hydroxylamine groups is 2. The Bertz CT molecular complexity index is 168. The summed E-state index contributed by atoms with van der Waals surface area (Å²) in [5.41, 5.74) is 0.353. The van der Waals surface area contributed by atoms with Crippen LogP contribution in [-0.4, -0.2) is 35.8 Å². The Balaban J connectivity index is 3.85. The molecule has 0 aliphatic carbocycles. The second kappa shape index (κ2) is 5.74. The number of hydrogen-bond donors (Lipinski definition) is 1. The first kappa shape index (κ1) is 11.1. The summed E-state index contributed by atoms with van der Waals surface area (Å²) < 4.78 is 0. The van der Waals surface area contributed by atoms with Crippen LogP contribution in [-0.2, 0) is 9.63 Å². The van der Waals surface area contributed by atoms with E-state index in [0.717, 1.165) is 0 Å². The number of rotatable bonds is 5. The fraction of sp³-hybridized carbons (Fsp3) is 0.625. The average Bonchev–Trinajstić information content (AvgIpc) is 2.03. The van der Waals surface area contributed by atoms with Crippen molar-refractivity contribution in [3.8, 4) is 0 Å². The monoisotopic (exact) mass is 173 g/mol. The molecule has 0 unspecified atom stereocenters. The summed E-state index contributed by atoms with van der Waals surface area (Å²) in [7, 11) is 0. The molecular weight excluding hydrogens is 158 g/mol. The number of likely N-dealkylation sites (N-methyl/N-ethyl adjacent to an activating group) is 1. The molecule has 0 saturated heterocycles. The minimum absolute atomic E-state index is 0.0304. The number of aliphatic hydroxyl groups is 1. The molecule has 0 aromatic heterocycles. The summed E-state index contributed by atoms with van der Waals surface area (Å²) in [4.78, 5) is 15.8. The first-order chi connectivity index (χ1) is 5.61. The molecule has 1 N–H and O–H groups in total. The maximum atomic E-state index is 10.9. The predicted molar refractivity (Wildman–Crippen MR) is 45.2 cm³/mol. The minimum atomic E-state index is -0.453. The molecule has 4 nitrogen and oxygen atoms in total. The third kappa shape index (κ3) is 4.10. The molecule has 0 bridgehead atoms. The van der Waals surface area contributed by atoms with Crippen LogP contribution in [0.3, 0.4) is 0 Å². The molecule has 0 fully saturated rings. The predicted octanol–water partition coefficient (Wildman–Crippen LogP) is 0.335. The average molecular weight is 173 g/mol. The summed E-state index contributed by atoms with van der Waals surface area (Å²) in [6, 6.07) is 0. The van der Waals surface area contributed by atoms with Gasteiger partial charge >= 0.3 is 5.97 Å². The largest absolute Gasteiger partial charge is 0.395 e. The van der Waals surface area contributed by atoms with E-state index in [-0.39, 0.29) is 6.61 Å². The summed E-state index contributed by atoms with van der Waals surface area (Å²) in [6.07, 6.45) is 0. The van der Waals surface area contributed by atoms with E-state index in [1.165, 1.54) is 5.06 Å². The lowest BCUT2D eigenvalue weighted by Crippen LogP contribution is -2.30. The quantitative estimate of drug-likeness (QED) is 0.481. The number of aliphatic hydroxyl groups excluding tert-OH is 1. The molecule has 0 aliphatic heterocycles. The van der Waals surface area contributed by atoms with Crippen molar-refractivity contribution in [3.63, 3.8) is 0 Å². The lowest BCUT2D eigenvalue weighted by molar-refractivity contribution is -0.186. The van der Waals surface area contributed by atoms with Crippen molar-refractivity contribution in [3.05, 3.63) is 12.2 Å². The normalized spacial score (nSPS) is 10.0. The van der Waals surface area contributed by atoms with Crippen LogP contribution in [0.2, 0.25) is 0 Å². The molecule has 0 amide bonds. The lowest BCUT2D eigenvalue weighted by atomic mass is 10.4. The van der Waals surface area contributed by atoms with Crippen LogP contribution in [0.4, 0.5) is 0 Å². The summed E-state index contributed by atoms with van der Waals surface area (Å²) in [5, 5.41) is 9.95. The first-order valence-electron chi connectivity index (χ1n) is 3.85. The minimum Gasteiger partial charge on any atom is -0.395 e. The van der Waals surface area contributed by atoms with E-state index >= 15 is 0 Å². The zero-order valence-electron chi connectivity index (χ0n) is 7.54. The third-order valence-electron chi connectivity index (χ3n) is 1.26. The molecule has 0 aromatic rings. The fourth-order valence-corrected chi connectivity index (χ4v) is 0.575. The van der Waals surface area contributed by atoms with Crippen molar-refractivity contribution >= 4 is 5.97 Å². The van der Waals surface area contributed by atoms with E-state index in [1.54, 1.807) is 6.92 Å². The van der Waals surface area contributed by atoms with Gasteiger partial charge in [-0.15, -0.1) is 5.06 Å². The molecule has 0 radical (unpaired) electrons. The fourth-order valence-electron chi connectivity index (χ4n) is 0.575. The Kier molecular flexibility index (Phi) is 5.32. The van der Waals surface area contributed by atoms with Crippen LogP contribution in [0.25, 0.3) is 0 Å². The zero-order chi connectivity index (χ0) is 9.56. The van der Waals surface area contributed by atoms with Gasteiger partial charge in [-0.25, -0.2) is 4.79 Å². The van der Waals surface area contributed by atoms with Gasteiger partial charge in [0.1, 0.15) is 0 Å². The smallest absolute Gasteiger partial charge is 0.352 e. The van der Waals surface area contributed by atoms with Crippen molar-refractivity contribution in [1.29, 1.82) is 0 Å². The lowest BCUT2D eigenvalue weighted by Gasteiger charge is -2.17. The molecule has 0 aromatic carbocycles. The van der Waals surface area contributed by atoms with Crippen molar-refractivity contribution in [2.45, 2.75) is 13.8 Å². The van der Waals surface area contributed by atoms with Gasteiger partial charge in [0.2, 0.25) is 0 Å². The topological polar surface area (TPSA) is 49.8 Å². The Morgan fingerprint density at radius 3 is 2.58 bits per heavy atom. The van der Waals surface area contributed by atoms with Crippen LogP contribution in [0.5, 0.6) is 0 Å². The second-order valence-corrected chi connectivity index (χ2v) is 2.40. The highest BCUT2D eigenvalue weighted by atomic mass is 16.7. The molecule has 0 saturated carbocycles. The first-order valence-corrected chi connectivity index (χ1v) is 3.85. The highest BCUT2D eigenvalue weighted by Gasteiger charge is 2.09. The van der Waals surface area contributed by atoms with Crippen LogP contribution in [0, 0.1) is 0 Å². The maximum Gasteiger partial charge on any atom is 0.352 e. The van der Waals surface area contributed by atoms with Gasteiger partial charge in [0.25, 0.3) is 0 Å². The summed E-state index contributed by atoms with van der Waals surface area (Å²) >= 11 is 0.